The summed E-state index contributed by atoms with van der Waals surface area (Å²) in [6.45, 7) is 6.85. The molecule has 0 bridgehead atoms. The van der Waals surface area contributed by atoms with Gasteiger partial charge in [0.15, 0.2) is 0 Å². The summed E-state index contributed by atoms with van der Waals surface area (Å²) in [6.07, 6.45) is 5.78. The molecule has 1 N–H and O–H groups in total. The SMILES string of the molecule is CC(C)c1ccc(SCCNCC2CCCC2)cc1. The largest absolute Gasteiger partial charge is 0.316 e. The van der Waals surface area contributed by atoms with Crippen LogP contribution in [-0.2, 0) is 0 Å². The van der Waals surface area contributed by atoms with Crippen molar-refractivity contribution in [3.63, 3.8) is 0 Å². The molecule has 0 heterocycles. The second-order valence-electron chi connectivity index (χ2n) is 5.93. The first-order chi connectivity index (χ1) is 9.25. The fraction of sp³-hybridized carbons (Fsp3) is 0.647. The van der Waals surface area contributed by atoms with E-state index in [0.29, 0.717) is 5.92 Å². The molecular formula is C17H27NS. The minimum Gasteiger partial charge on any atom is -0.316 e. The van der Waals surface area contributed by atoms with E-state index in [1.807, 2.05) is 11.8 Å². The summed E-state index contributed by atoms with van der Waals surface area (Å²) in [5.74, 6) is 2.76. The Morgan fingerprint density at radius 1 is 1.16 bits per heavy atom. The summed E-state index contributed by atoms with van der Waals surface area (Å²) in [7, 11) is 0. The van der Waals surface area contributed by atoms with Crippen LogP contribution >= 0.6 is 11.8 Å². The van der Waals surface area contributed by atoms with Crippen LogP contribution in [0, 0.1) is 5.92 Å². The molecule has 0 aromatic heterocycles. The van der Waals surface area contributed by atoms with Crippen LogP contribution in [0.5, 0.6) is 0 Å². The Kier molecular flexibility index (Phi) is 6.25. The van der Waals surface area contributed by atoms with Gasteiger partial charge in [-0.3, -0.25) is 0 Å². The first-order valence-corrected chi connectivity index (χ1v) is 8.67. The zero-order valence-corrected chi connectivity index (χ0v) is 13.1. The third kappa shape index (κ3) is 5.19. The Morgan fingerprint density at radius 3 is 2.47 bits per heavy atom. The van der Waals surface area contributed by atoms with Gasteiger partial charge < -0.3 is 5.32 Å². The van der Waals surface area contributed by atoms with Crippen molar-refractivity contribution in [1.29, 1.82) is 0 Å². The van der Waals surface area contributed by atoms with E-state index < -0.39 is 0 Å². The maximum absolute atomic E-state index is 3.61. The molecule has 2 rings (SSSR count). The number of benzene rings is 1. The molecule has 1 aliphatic carbocycles. The highest BCUT2D eigenvalue weighted by Crippen LogP contribution is 2.24. The van der Waals surface area contributed by atoms with Gasteiger partial charge in [-0.1, -0.05) is 38.8 Å². The van der Waals surface area contributed by atoms with Crippen LogP contribution in [0.15, 0.2) is 29.2 Å². The topological polar surface area (TPSA) is 12.0 Å². The first kappa shape index (κ1) is 14.9. The molecule has 0 radical (unpaired) electrons. The van der Waals surface area contributed by atoms with E-state index in [2.05, 4.69) is 43.4 Å². The Morgan fingerprint density at radius 2 is 1.84 bits per heavy atom. The van der Waals surface area contributed by atoms with Gasteiger partial charge >= 0.3 is 0 Å². The second-order valence-corrected chi connectivity index (χ2v) is 7.10. The number of hydrogen-bond acceptors (Lipinski definition) is 2. The summed E-state index contributed by atoms with van der Waals surface area (Å²) in [4.78, 5) is 1.40. The Labute approximate surface area is 122 Å². The van der Waals surface area contributed by atoms with E-state index >= 15 is 0 Å². The van der Waals surface area contributed by atoms with Gasteiger partial charge in [0.1, 0.15) is 0 Å². The molecule has 1 nitrogen and oxygen atoms in total. The highest BCUT2D eigenvalue weighted by molar-refractivity contribution is 7.99. The highest BCUT2D eigenvalue weighted by atomic mass is 32.2. The molecule has 1 fully saturated rings. The van der Waals surface area contributed by atoms with E-state index in [1.165, 1.54) is 48.4 Å². The quantitative estimate of drug-likeness (QED) is 0.573. The standard InChI is InChI=1S/C17H27NS/c1-14(2)16-7-9-17(10-8-16)19-12-11-18-13-15-5-3-4-6-15/h7-10,14-15,18H,3-6,11-13H2,1-2H3. The fourth-order valence-corrected chi connectivity index (χ4v) is 3.52. The predicted molar refractivity (Wildman–Crippen MR) is 86.1 cm³/mol. The molecule has 0 unspecified atom stereocenters. The molecule has 0 amide bonds. The zero-order chi connectivity index (χ0) is 13.5. The Hall–Kier alpha value is -0.470. The maximum Gasteiger partial charge on any atom is 0.0106 e. The summed E-state index contributed by atoms with van der Waals surface area (Å²) >= 11 is 1.96. The Balaban J connectivity index is 1.59. The van der Waals surface area contributed by atoms with Gasteiger partial charge in [0, 0.05) is 17.2 Å². The summed E-state index contributed by atoms with van der Waals surface area (Å²) < 4.78 is 0. The third-order valence-electron chi connectivity index (χ3n) is 4.00. The average molecular weight is 277 g/mol. The molecule has 0 saturated heterocycles. The predicted octanol–water partition coefficient (Wildman–Crippen LogP) is 4.68. The maximum atomic E-state index is 3.61. The van der Waals surface area contributed by atoms with Crippen molar-refractivity contribution in [1.82, 2.24) is 5.32 Å². The van der Waals surface area contributed by atoms with Crippen LogP contribution in [0.3, 0.4) is 0 Å². The van der Waals surface area contributed by atoms with Crippen molar-refractivity contribution < 1.29 is 0 Å². The van der Waals surface area contributed by atoms with Crippen LogP contribution in [0.2, 0.25) is 0 Å². The molecule has 106 valence electrons. The van der Waals surface area contributed by atoms with Gasteiger partial charge in [-0.2, -0.15) is 0 Å². The van der Waals surface area contributed by atoms with Gasteiger partial charge in [0.2, 0.25) is 0 Å². The molecule has 2 heteroatoms. The van der Waals surface area contributed by atoms with Gasteiger partial charge in [-0.05, 0) is 48.9 Å². The molecule has 0 spiro atoms. The monoisotopic (exact) mass is 277 g/mol. The fourth-order valence-electron chi connectivity index (χ4n) is 2.71. The van der Waals surface area contributed by atoms with Crippen LogP contribution in [-0.4, -0.2) is 18.8 Å². The molecule has 1 aliphatic rings. The lowest BCUT2D eigenvalue weighted by Gasteiger charge is -2.10. The van der Waals surface area contributed by atoms with Crippen LogP contribution in [0.4, 0.5) is 0 Å². The molecule has 1 saturated carbocycles. The molecular weight excluding hydrogens is 250 g/mol. The van der Waals surface area contributed by atoms with Crippen molar-refractivity contribution in [2.24, 2.45) is 5.92 Å². The lowest BCUT2D eigenvalue weighted by atomic mass is 10.0. The van der Waals surface area contributed by atoms with E-state index in [0.717, 1.165) is 12.5 Å². The normalized spacial score (nSPS) is 16.4. The van der Waals surface area contributed by atoms with E-state index in [9.17, 15) is 0 Å². The van der Waals surface area contributed by atoms with Gasteiger partial charge in [0.05, 0.1) is 0 Å². The number of nitrogens with one attached hydrogen (secondary N) is 1. The lowest BCUT2D eigenvalue weighted by Crippen LogP contribution is -2.23. The van der Waals surface area contributed by atoms with Crippen LogP contribution in [0.1, 0.15) is 51.0 Å². The summed E-state index contributed by atoms with van der Waals surface area (Å²) in [5.41, 5.74) is 1.43. The van der Waals surface area contributed by atoms with E-state index in [1.54, 1.807) is 0 Å². The highest BCUT2D eigenvalue weighted by Gasteiger charge is 2.13. The number of rotatable bonds is 7. The molecule has 19 heavy (non-hydrogen) atoms. The number of hydrogen-bond donors (Lipinski definition) is 1. The van der Waals surface area contributed by atoms with Crippen molar-refractivity contribution in [2.75, 3.05) is 18.8 Å². The van der Waals surface area contributed by atoms with Crippen LogP contribution < -0.4 is 5.32 Å². The van der Waals surface area contributed by atoms with Crippen molar-refractivity contribution in [3.8, 4) is 0 Å². The van der Waals surface area contributed by atoms with E-state index in [4.69, 9.17) is 0 Å². The molecule has 1 aromatic rings. The molecule has 1 aromatic carbocycles. The minimum atomic E-state index is 0.632. The van der Waals surface area contributed by atoms with E-state index in [-0.39, 0.29) is 0 Å². The van der Waals surface area contributed by atoms with Crippen molar-refractivity contribution >= 4 is 11.8 Å². The van der Waals surface area contributed by atoms with Crippen molar-refractivity contribution in [3.05, 3.63) is 29.8 Å². The Bertz CT molecular complexity index is 352. The van der Waals surface area contributed by atoms with Gasteiger partial charge in [0.25, 0.3) is 0 Å². The van der Waals surface area contributed by atoms with Gasteiger partial charge in [-0.15, -0.1) is 11.8 Å². The first-order valence-electron chi connectivity index (χ1n) is 7.69. The van der Waals surface area contributed by atoms with Crippen molar-refractivity contribution in [2.45, 2.75) is 50.3 Å². The molecule has 0 aliphatic heterocycles. The lowest BCUT2D eigenvalue weighted by molar-refractivity contribution is 0.500. The smallest absolute Gasteiger partial charge is 0.0106 e. The third-order valence-corrected chi connectivity index (χ3v) is 5.02. The van der Waals surface area contributed by atoms with Crippen LogP contribution in [0.25, 0.3) is 0 Å². The summed E-state index contributed by atoms with van der Waals surface area (Å²) in [5, 5.41) is 3.61. The average Bonchev–Trinajstić information content (AvgIpc) is 2.92. The minimum absolute atomic E-state index is 0.632. The molecule has 0 atom stereocenters. The zero-order valence-electron chi connectivity index (χ0n) is 12.3. The van der Waals surface area contributed by atoms with Gasteiger partial charge in [-0.25, -0.2) is 0 Å². The summed E-state index contributed by atoms with van der Waals surface area (Å²) in [6, 6.07) is 9.05. The second kappa shape index (κ2) is 7.96. The number of thioether (sulfide) groups is 1.